The summed E-state index contributed by atoms with van der Waals surface area (Å²) in [5, 5.41) is 17.0. The van der Waals surface area contributed by atoms with Crippen LogP contribution in [0.4, 0.5) is 17.5 Å². The van der Waals surface area contributed by atoms with Gasteiger partial charge < -0.3 is 15.5 Å². The molecular formula is C13H24N6O2. The van der Waals surface area contributed by atoms with E-state index in [9.17, 15) is 10.1 Å². The Labute approximate surface area is 125 Å². The molecular weight excluding hydrogens is 272 g/mol. The number of nitrogens with one attached hydrogen (secondary N) is 2. The number of hydrogen-bond acceptors (Lipinski definition) is 7. The molecule has 0 aliphatic carbocycles. The molecule has 0 aliphatic rings. The molecule has 2 N–H and O–H groups in total. The van der Waals surface area contributed by atoms with Gasteiger partial charge in [-0.1, -0.05) is 0 Å². The van der Waals surface area contributed by atoms with Gasteiger partial charge in [-0.2, -0.15) is 4.98 Å². The minimum absolute atomic E-state index is 0.0637. The van der Waals surface area contributed by atoms with Crippen LogP contribution < -0.4 is 10.6 Å². The molecule has 0 amide bonds. The van der Waals surface area contributed by atoms with Crippen molar-refractivity contribution in [3.05, 3.63) is 15.8 Å². The summed E-state index contributed by atoms with van der Waals surface area (Å²) in [6.07, 6.45) is 0.879. The third kappa shape index (κ3) is 4.82. The lowest BCUT2D eigenvalue weighted by Gasteiger charge is -2.20. The number of aryl methyl sites for hydroxylation is 1. The van der Waals surface area contributed by atoms with Crippen molar-refractivity contribution in [3.63, 3.8) is 0 Å². The topological polar surface area (TPSA) is 96.2 Å². The van der Waals surface area contributed by atoms with Crippen LogP contribution in [0.3, 0.4) is 0 Å². The van der Waals surface area contributed by atoms with Gasteiger partial charge >= 0.3 is 5.69 Å². The summed E-state index contributed by atoms with van der Waals surface area (Å²) in [6.45, 7) is 7.41. The Bertz CT molecular complexity index is 492. The summed E-state index contributed by atoms with van der Waals surface area (Å²) in [6, 6.07) is 0.483. The Balaban J connectivity index is 2.73. The Kier molecular flexibility index (Phi) is 6.29. The predicted molar refractivity (Wildman–Crippen MR) is 83.8 cm³/mol. The molecule has 1 heterocycles. The first-order valence-electron chi connectivity index (χ1n) is 7.01. The average molecular weight is 296 g/mol. The molecule has 1 rings (SSSR count). The maximum absolute atomic E-state index is 11.1. The minimum Gasteiger partial charge on any atom is -0.364 e. The molecule has 0 aromatic carbocycles. The van der Waals surface area contributed by atoms with Crippen molar-refractivity contribution in [2.75, 3.05) is 37.8 Å². The Morgan fingerprint density at radius 1 is 1.38 bits per heavy atom. The molecule has 0 unspecified atom stereocenters. The van der Waals surface area contributed by atoms with E-state index in [1.165, 1.54) is 0 Å². The van der Waals surface area contributed by atoms with Crippen LogP contribution in [0.2, 0.25) is 0 Å². The zero-order valence-electron chi connectivity index (χ0n) is 13.3. The lowest BCUT2D eigenvalue weighted by Crippen LogP contribution is -2.28. The zero-order chi connectivity index (χ0) is 16.0. The normalized spacial score (nSPS) is 11.0. The summed E-state index contributed by atoms with van der Waals surface area (Å²) < 4.78 is 0. The van der Waals surface area contributed by atoms with Crippen LogP contribution >= 0.6 is 0 Å². The van der Waals surface area contributed by atoms with Crippen LogP contribution in [0.15, 0.2) is 0 Å². The fourth-order valence-corrected chi connectivity index (χ4v) is 1.81. The predicted octanol–water partition coefficient (Wildman–Crippen LogP) is 1.88. The van der Waals surface area contributed by atoms with Gasteiger partial charge in [0.2, 0.25) is 11.8 Å². The molecule has 0 radical (unpaired) electrons. The molecule has 0 bridgehead atoms. The van der Waals surface area contributed by atoms with Gasteiger partial charge in [-0.3, -0.25) is 10.1 Å². The van der Waals surface area contributed by atoms with E-state index in [4.69, 9.17) is 0 Å². The summed E-state index contributed by atoms with van der Waals surface area (Å²) >= 11 is 0. The highest BCUT2D eigenvalue weighted by Gasteiger charge is 2.21. The smallest absolute Gasteiger partial charge is 0.332 e. The van der Waals surface area contributed by atoms with E-state index in [1.807, 2.05) is 0 Å². The highest BCUT2D eigenvalue weighted by molar-refractivity contribution is 5.60. The van der Waals surface area contributed by atoms with Gasteiger partial charge in [-0.25, -0.2) is 4.98 Å². The zero-order valence-corrected chi connectivity index (χ0v) is 13.3. The van der Waals surface area contributed by atoms with Crippen molar-refractivity contribution >= 4 is 17.5 Å². The molecule has 0 aliphatic heterocycles. The minimum atomic E-state index is -0.447. The van der Waals surface area contributed by atoms with Crippen LogP contribution in [0.1, 0.15) is 26.0 Å². The molecule has 21 heavy (non-hydrogen) atoms. The van der Waals surface area contributed by atoms with Gasteiger partial charge in [-0.15, -0.1) is 0 Å². The van der Waals surface area contributed by atoms with Crippen LogP contribution in [0, 0.1) is 17.0 Å². The van der Waals surface area contributed by atoms with Crippen molar-refractivity contribution in [1.29, 1.82) is 0 Å². The van der Waals surface area contributed by atoms with Crippen molar-refractivity contribution in [2.24, 2.45) is 0 Å². The van der Waals surface area contributed by atoms with Gasteiger partial charge in [0, 0.05) is 19.6 Å². The fourth-order valence-electron chi connectivity index (χ4n) is 1.81. The summed E-state index contributed by atoms with van der Waals surface area (Å²) in [7, 11) is 3.74. The SMILES string of the molecule is CNc1nc(C)c([N+](=O)[O-])c(NCCCN(C)C(C)C)n1. The number of aromatic nitrogens is 2. The Morgan fingerprint density at radius 3 is 2.57 bits per heavy atom. The van der Waals surface area contributed by atoms with Crippen molar-refractivity contribution < 1.29 is 4.92 Å². The van der Waals surface area contributed by atoms with E-state index >= 15 is 0 Å². The van der Waals surface area contributed by atoms with E-state index < -0.39 is 4.92 Å². The third-order valence-corrected chi connectivity index (χ3v) is 3.33. The van der Waals surface area contributed by atoms with Crippen LogP contribution in [0.25, 0.3) is 0 Å². The molecule has 8 heteroatoms. The molecule has 1 aromatic rings. The Hall–Kier alpha value is -1.96. The second kappa shape index (κ2) is 7.72. The van der Waals surface area contributed by atoms with Crippen molar-refractivity contribution in [2.45, 2.75) is 33.2 Å². The average Bonchev–Trinajstić information content (AvgIpc) is 2.41. The van der Waals surface area contributed by atoms with Gasteiger partial charge in [0.05, 0.1) is 4.92 Å². The Morgan fingerprint density at radius 2 is 2.05 bits per heavy atom. The molecule has 1 aromatic heterocycles. The standard InChI is InChI=1S/C13H24N6O2/c1-9(2)18(5)8-6-7-15-12-11(19(20)21)10(3)16-13(14-4)17-12/h9H,6-8H2,1-5H3,(H2,14,15,16,17). The number of nitrogens with zero attached hydrogens (tertiary/aromatic N) is 4. The highest BCUT2D eigenvalue weighted by atomic mass is 16.6. The first-order valence-corrected chi connectivity index (χ1v) is 7.01. The molecule has 0 saturated carbocycles. The van der Waals surface area contributed by atoms with E-state index in [2.05, 4.69) is 46.4 Å². The molecule has 0 spiro atoms. The molecule has 0 saturated heterocycles. The van der Waals surface area contributed by atoms with Crippen molar-refractivity contribution in [1.82, 2.24) is 14.9 Å². The van der Waals surface area contributed by atoms with Gasteiger partial charge in [0.15, 0.2) is 0 Å². The number of rotatable bonds is 8. The van der Waals surface area contributed by atoms with Crippen LogP contribution in [-0.2, 0) is 0 Å². The van der Waals surface area contributed by atoms with E-state index in [1.54, 1.807) is 14.0 Å². The summed E-state index contributed by atoms with van der Waals surface area (Å²) in [5.41, 5.74) is 0.285. The van der Waals surface area contributed by atoms with Gasteiger partial charge in [-0.05, 0) is 40.8 Å². The molecule has 0 fully saturated rings. The highest BCUT2D eigenvalue weighted by Crippen LogP contribution is 2.26. The van der Waals surface area contributed by atoms with Crippen LogP contribution in [0.5, 0.6) is 0 Å². The fraction of sp³-hybridized carbons (Fsp3) is 0.692. The lowest BCUT2D eigenvalue weighted by molar-refractivity contribution is -0.385. The quantitative estimate of drug-likeness (QED) is 0.429. The van der Waals surface area contributed by atoms with Gasteiger partial charge in [0.25, 0.3) is 0 Å². The third-order valence-electron chi connectivity index (χ3n) is 3.33. The number of nitro groups is 1. The van der Waals surface area contributed by atoms with Crippen molar-refractivity contribution in [3.8, 4) is 0 Å². The second-order valence-corrected chi connectivity index (χ2v) is 5.19. The number of hydrogen-bond donors (Lipinski definition) is 2. The summed E-state index contributed by atoms with van der Waals surface area (Å²) in [5.74, 6) is 0.643. The first kappa shape index (κ1) is 17.1. The maximum atomic E-state index is 11.1. The van der Waals surface area contributed by atoms with E-state index in [-0.39, 0.29) is 11.5 Å². The second-order valence-electron chi connectivity index (χ2n) is 5.19. The molecule has 8 nitrogen and oxygen atoms in total. The number of anilines is 2. The molecule has 0 atom stereocenters. The van der Waals surface area contributed by atoms with Crippen LogP contribution in [-0.4, -0.2) is 53.0 Å². The van der Waals surface area contributed by atoms with Gasteiger partial charge in [0.1, 0.15) is 5.69 Å². The largest absolute Gasteiger partial charge is 0.364 e. The van der Waals surface area contributed by atoms with E-state index in [0.717, 1.165) is 13.0 Å². The maximum Gasteiger partial charge on any atom is 0.332 e. The first-order chi connectivity index (χ1) is 9.86. The molecule has 118 valence electrons. The summed E-state index contributed by atoms with van der Waals surface area (Å²) in [4.78, 5) is 21.1. The van der Waals surface area contributed by atoms with E-state index in [0.29, 0.717) is 24.2 Å². The monoisotopic (exact) mass is 296 g/mol. The lowest BCUT2D eigenvalue weighted by atomic mass is 10.3.